The lowest BCUT2D eigenvalue weighted by Crippen LogP contribution is -2.28. The molecular weight excluding hydrogens is 482 g/mol. The van der Waals surface area contributed by atoms with Gasteiger partial charge in [-0.3, -0.25) is 4.90 Å². The summed E-state index contributed by atoms with van der Waals surface area (Å²) in [5, 5.41) is 20.9. The Morgan fingerprint density at radius 1 is 0.743 bits per heavy atom. The Balaban J connectivity index is 1.53. The van der Waals surface area contributed by atoms with Crippen LogP contribution in [0.25, 0.3) is 0 Å². The van der Waals surface area contributed by atoms with E-state index in [0.717, 1.165) is 16.7 Å². The average Bonchev–Trinajstić information content (AvgIpc) is 2.85. The predicted molar refractivity (Wildman–Crippen MR) is 137 cm³/mol. The molecule has 4 aromatic carbocycles. The average molecular weight is 508 g/mol. The van der Waals surface area contributed by atoms with E-state index in [1.54, 1.807) is 36.4 Å². The summed E-state index contributed by atoms with van der Waals surface area (Å²) in [7, 11) is -3.69. The minimum atomic E-state index is -3.69. The summed E-state index contributed by atoms with van der Waals surface area (Å²) in [6, 6.07) is 29.4. The largest absolute Gasteiger partial charge is 0.508 e. The van der Waals surface area contributed by atoms with Crippen molar-refractivity contribution in [3.05, 3.63) is 125 Å². The van der Waals surface area contributed by atoms with Crippen LogP contribution in [0, 0.1) is 0 Å². The number of rotatable bonds is 9. The van der Waals surface area contributed by atoms with Crippen LogP contribution in [0.3, 0.4) is 0 Å². The second-order valence-corrected chi connectivity index (χ2v) is 10.8. The molecule has 0 heterocycles. The maximum Gasteiger partial charge on any atom is 0.206 e. The Hall–Kier alpha value is -3.16. The number of nitrogens with zero attached hydrogens (tertiary/aromatic N) is 1. The van der Waals surface area contributed by atoms with E-state index in [1.807, 2.05) is 42.5 Å². The number of benzene rings is 4. The van der Waals surface area contributed by atoms with Crippen molar-refractivity contribution in [3.63, 3.8) is 0 Å². The second kappa shape index (κ2) is 11.1. The summed E-state index contributed by atoms with van der Waals surface area (Å²) in [4.78, 5) is 2.42. The smallest absolute Gasteiger partial charge is 0.206 e. The number of aromatic hydroxyl groups is 1. The Kier molecular flexibility index (Phi) is 7.88. The van der Waals surface area contributed by atoms with Crippen LogP contribution < -0.4 is 0 Å². The van der Waals surface area contributed by atoms with Crippen molar-refractivity contribution in [1.82, 2.24) is 4.90 Å². The SMILES string of the molecule is O=S(=O)(c1ccc(O)cc1)c1ccc(CN(Cc2ccccc2)C[C@@H](O)c2cccc(Cl)c2)cc1. The molecule has 0 bridgehead atoms. The Morgan fingerprint density at radius 2 is 1.31 bits per heavy atom. The first-order valence-electron chi connectivity index (χ1n) is 11.1. The molecule has 0 radical (unpaired) electrons. The third kappa shape index (κ3) is 6.50. The number of hydrogen-bond acceptors (Lipinski definition) is 5. The molecule has 2 N–H and O–H groups in total. The first kappa shape index (κ1) is 24.9. The summed E-state index contributed by atoms with van der Waals surface area (Å²) >= 11 is 6.10. The van der Waals surface area contributed by atoms with Gasteiger partial charge in [-0.15, -0.1) is 0 Å². The molecule has 0 fully saturated rings. The molecule has 5 nitrogen and oxygen atoms in total. The van der Waals surface area contributed by atoms with Gasteiger partial charge in [-0.2, -0.15) is 0 Å². The van der Waals surface area contributed by atoms with Gasteiger partial charge in [0.2, 0.25) is 9.84 Å². The van der Waals surface area contributed by atoms with E-state index in [4.69, 9.17) is 11.6 Å². The minimum Gasteiger partial charge on any atom is -0.508 e. The Bertz CT molecular complexity index is 1360. The van der Waals surface area contributed by atoms with Gasteiger partial charge in [0, 0.05) is 24.7 Å². The number of aliphatic hydroxyl groups excluding tert-OH is 1. The zero-order chi connectivity index (χ0) is 24.8. The molecule has 0 saturated carbocycles. The van der Waals surface area contributed by atoms with Crippen LogP contribution in [0.2, 0.25) is 5.02 Å². The summed E-state index contributed by atoms with van der Waals surface area (Å²) in [5.74, 6) is 0.0118. The molecule has 7 heteroatoms. The number of hydrogen-bond donors (Lipinski definition) is 2. The predicted octanol–water partition coefficient (Wildman–Crippen LogP) is 5.61. The van der Waals surface area contributed by atoms with Crippen molar-refractivity contribution in [3.8, 4) is 5.75 Å². The van der Waals surface area contributed by atoms with Gasteiger partial charge in [-0.1, -0.05) is 66.2 Å². The van der Waals surface area contributed by atoms with Gasteiger partial charge in [0.25, 0.3) is 0 Å². The maximum atomic E-state index is 12.9. The number of phenols is 1. The standard InChI is InChI=1S/C28H26ClNO4S/c29-24-8-4-7-23(17-24)28(32)20-30(18-21-5-2-1-3-6-21)19-22-9-13-26(14-10-22)35(33,34)27-15-11-25(31)12-16-27/h1-17,28,31-32H,18-20H2/t28-/m1/s1. The molecule has 0 aliphatic carbocycles. The van der Waals surface area contributed by atoms with Gasteiger partial charge < -0.3 is 10.2 Å². The van der Waals surface area contributed by atoms with Crippen molar-refractivity contribution in [1.29, 1.82) is 0 Å². The number of phenolic OH excluding ortho intramolecular Hbond substituents is 1. The van der Waals surface area contributed by atoms with E-state index in [0.29, 0.717) is 24.7 Å². The monoisotopic (exact) mass is 507 g/mol. The fraction of sp³-hybridized carbons (Fsp3) is 0.143. The van der Waals surface area contributed by atoms with Gasteiger partial charge in [0.1, 0.15) is 5.75 Å². The van der Waals surface area contributed by atoms with E-state index in [-0.39, 0.29) is 15.5 Å². The molecule has 180 valence electrons. The third-order valence-corrected chi connectivity index (χ3v) is 7.72. The van der Waals surface area contributed by atoms with E-state index in [9.17, 15) is 18.6 Å². The summed E-state index contributed by atoms with van der Waals surface area (Å²) in [5.41, 5.74) is 2.77. The van der Waals surface area contributed by atoms with Crippen LogP contribution in [-0.2, 0) is 22.9 Å². The number of halogens is 1. The lowest BCUT2D eigenvalue weighted by Gasteiger charge is -2.26. The molecule has 35 heavy (non-hydrogen) atoms. The highest BCUT2D eigenvalue weighted by Crippen LogP contribution is 2.24. The highest BCUT2D eigenvalue weighted by molar-refractivity contribution is 7.91. The van der Waals surface area contributed by atoms with Crippen LogP contribution in [0.5, 0.6) is 5.75 Å². The Labute approximate surface area is 210 Å². The fourth-order valence-electron chi connectivity index (χ4n) is 3.88. The molecule has 0 spiro atoms. The summed E-state index contributed by atoms with van der Waals surface area (Å²) in [6.45, 7) is 1.51. The fourth-order valence-corrected chi connectivity index (χ4v) is 5.34. The molecule has 0 aliphatic rings. The molecule has 4 aromatic rings. The summed E-state index contributed by atoms with van der Waals surface area (Å²) < 4.78 is 25.8. The second-order valence-electron chi connectivity index (χ2n) is 8.37. The highest BCUT2D eigenvalue weighted by Gasteiger charge is 2.19. The molecule has 0 unspecified atom stereocenters. The molecule has 0 amide bonds. The third-order valence-electron chi connectivity index (χ3n) is 5.70. The quantitative estimate of drug-likeness (QED) is 0.308. The van der Waals surface area contributed by atoms with Crippen molar-refractivity contribution in [2.75, 3.05) is 6.54 Å². The lowest BCUT2D eigenvalue weighted by atomic mass is 10.1. The molecular formula is C28H26ClNO4S. The lowest BCUT2D eigenvalue weighted by molar-refractivity contribution is 0.105. The zero-order valence-electron chi connectivity index (χ0n) is 19.0. The van der Waals surface area contributed by atoms with Crippen LogP contribution in [-0.4, -0.2) is 30.1 Å². The molecule has 0 saturated heterocycles. The minimum absolute atomic E-state index is 0.0118. The first-order valence-corrected chi connectivity index (χ1v) is 13.0. The summed E-state index contributed by atoms with van der Waals surface area (Å²) in [6.07, 6.45) is -0.730. The topological polar surface area (TPSA) is 77.8 Å². The van der Waals surface area contributed by atoms with Crippen molar-refractivity contribution in [2.45, 2.75) is 29.0 Å². The van der Waals surface area contributed by atoms with E-state index >= 15 is 0 Å². The Morgan fingerprint density at radius 3 is 1.91 bits per heavy atom. The normalized spacial score (nSPS) is 12.5. The van der Waals surface area contributed by atoms with Crippen LogP contribution in [0.4, 0.5) is 0 Å². The van der Waals surface area contributed by atoms with Gasteiger partial charge in [0.05, 0.1) is 15.9 Å². The van der Waals surface area contributed by atoms with Gasteiger partial charge in [-0.25, -0.2) is 8.42 Å². The van der Waals surface area contributed by atoms with E-state index in [1.165, 1.54) is 24.3 Å². The van der Waals surface area contributed by atoms with Crippen LogP contribution in [0.1, 0.15) is 22.8 Å². The van der Waals surface area contributed by atoms with Crippen LogP contribution in [0.15, 0.2) is 113 Å². The molecule has 1 atom stereocenters. The van der Waals surface area contributed by atoms with E-state index in [2.05, 4.69) is 4.90 Å². The number of sulfone groups is 1. The zero-order valence-corrected chi connectivity index (χ0v) is 20.5. The van der Waals surface area contributed by atoms with Gasteiger partial charge >= 0.3 is 0 Å². The molecule has 0 aromatic heterocycles. The molecule has 0 aliphatic heterocycles. The van der Waals surface area contributed by atoms with Crippen molar-refractivity contribution < 1.29 is 18.6 Å². The molecule has 4 rings (SSSR count). The van der Waals surface area contributed by atoms with Gasteiger partial charge in [0.15, 0.2) is 0 Å². The van der Waals surface area contributed by atoms with Crippen LogP contribution >= 0.6 is 11.6 Å². The van der Waals surface area contributed by atoms with Crippen molar-refractivity contribution in [2.24, 2.45) is 0 Å². The first-order chi connectivity index (χ1) is 16.8. The van der Waals surface area contributed by atoms with Crippen molar-refractivity contribution >= 4 is 21.4 Å². The number of aliphatic hydroxyl groups is 1. The van der Waals surface area contributed by atoms with Gasteiger partial charge in [-0.05, 0) is 65.2 Å². The van der Waals surface area contributed by atoms with E-state index < -0.39 is 15.9 Å². The maximum absolute atomic E-state index is 12.9. The highest BCUT2D eigenvalue weighted by atomic mass is 35.5.